The van der Waals surface area contributed by atoms with Crippen LogP contribution in [0, 0.1) is 0 Å². The van der Waals surface area contributed by atoms with Gasteiger partial charge in [-0.3, -0.25) is 0 Å². The molecule has 5 nitrogen and oxygen atoms in total. The Morgan fingerprint density at radius 3 is 2.24 bits per heavy atom. The third-order valence-electron chi connectivity index (χ3n) is 3.50. The summed E-state index contributed by atoms with van der Waals surface area (Å²) in [7, 11) is 5.29. The van der Waals surface area contributed by atoms with Gasteiger partial charge in [0.1, 0.15) is 0 Å². The molecular formula is C19H24IN3O2. The fourth-order valence-corrected chi connectivity index (χ4v) is 2.16. The van der Waals surface area contributed by atoms with Crippen molar-refractivity contribution in [2.24, 2.45) is 4.99 Å². The van der Waals surface area contributed by atoms with Crippen LogP contribution in [0.15, 0.2) is 59.6 Å². The molecule has 0 bridgehead atoms. The molecule has 0 aromatic heterocycles. The zero-order chi connectivity index (χ0) is 17.4. The summed E-state index contributed by atoms with van der Waals surface area (Å²) in [6, 6.07) is 17.5. The Labute approximate surface area is 166 Å². The van der Waals surface area contributed by atoms with Crippen molar-refractivity contribution >= 4 is 35.9 Å². The van der Waals surface area contributed by atoms with Crippen molar-refractivity contribution < 1.29 is 9.53 Å². The number of methoxy groups -OCH3 is 1. The second kappa shape index (κ2) is 10.7. The number of guanidine groups is 1. The summed E-state index contributed by atoms with van der Waals surface area (Å²) in [5, 5.41) is 3.33. The van der Waals surface area contributed by atoms with E-state index in [0.717, 1.165) is 11.5 Å². The van der Waals surface area contributed by atoms with Crippen LogP contribution in [0.2, 0.25) is 0 Å². The number of ether oxygens (including phenoxy) is 1. The first-order valence-corrected chi connectivity index (χ1v) is 7.77. The molecule has 0 aliphatic carbocycles. The average molecular weight is 453 g/mol. The van der Waals surface area contributed by atoms with Gasteiger partial charge < -0.3 is 15.0 Å². The highest BCUT2D eigenvalue weighted by molar-refractivity contribution is 14.0. The third kappa shape index (κ3) is 6.74. The molecule has 2 rings (SSSR count). The number of aliphatic imine (C=N–C) groups is 1. The molecule has 0 spiro atoms. The molecule has 0 saturated heterocycles. The maximum Gasteiger partial charge on any atom is 0.337 e. The van der Waals surface area contributed by atoms with Crippen LogP contribution in [0.5, 0.6) is 0 Å². The molecular weight excluding hydrogens is 429 g/mol. The lowest BCUT2D eigenvalue weighted by atomic mass is 10.1. The third-order valence-corrected chi connectivity index (χ3v) is 3.50. The van der Waals surface area contributed by atoms with E-state index in [1.165, 1.54) is 12.7 Å². The smallest absolute Gasteiger partial charge is 0.337 e. The average Bonchev–Trinajstić information content (AvgIpc) is 2.62. The van der Waals surface area contributed by atoms with Gasteiger partial charge in [0.25, 0.3) is 0 Å². The Kier molecular flexibility index (Phi) is 8.98. The predicted octanol–water partition coefficient (Wildman–Crippen LogP) is 3.30. The number of carbonyl (C=O) groups excluding carboxylic acids is 1. The van der Waals surface area contributed by atoms with Crippen LogP contribution >= 0.6 is 24.0 Å². The standard InChI is InChI=1S/C19H23N3O2.HI/c1-22(2)19(20-13-15-7-5-4-6-8-15)21-14-16-9-11-17(12-10-16)18(23)24-3;/h4-12H,13-14H2,1-3H3,(H,20,21);1H. The SMILES string of the molecule is COC(=O)c1ccc(CNC(=NCc2ccccc2)N(C)C)cc1.I. The van der Waals surface area contributed by atoms with Crippen molar-refractivity contribution in [3.63, 3.8) is 0 Å². The number of esters is 1. The lowest BCUT2D eigenvalue weighted by Gasteiger charge is -2.18. The summed E-state index contributed by atoms with van der Waals surface area (Å²) in [5.74, 6) is 0.490. The summed E-state index contributed by atoms with van der Waals surface area (Å²) < 4.78 is 4.70. The minimum atomic E-state index is -0.326. The molecule has 0 aliphatic rings. The number of benzene rings is 2. The number of hydrogen-bond donors (Lipinski definition) is 1. The van der Waals surface area contributed by atoms with Gasteiger partial charge >= 0.3 is 5.97 Å². The Morgan fingerprint density at radius 2 is 1.68 bits per heavy atom. The normalized spacial score (nSPS) is 10.6. The Morgan fingerprint density at radius 1 is 1.04 bits per heavy atom. The molecule has 0 unspecified atom stereocenters. The van der Waals surface area contributed by atoms with Gasteiger partial charge in [-0.2, -0.15) is 0 Å². The van der Waals surface area contributed by atoms with E-state index >= 15 is 0 Å². The fraction of sp³-hybridized carbons (Fsp3) is 0.263. The highest BCUT2D eigenvalue weighted by Gasteiger charge is 2.05. The molecule has 0 radical (unpaired) electrons. The second-order valence-corrected chi connectivity index (χ2v) is 5.56. The summed E-state index contributed by atoms with van der Waals surface area (Å²) in [6.07, 6.45) is 0. The highest BCUT2D eigenvalue weighted by atomic mass is 127. The van der Waals surface area contributed by atoms with E-state index < -0.39 is 0 Å². The van der Waals surface area contributed by atoms with Crippen molar-refractivity contribution in [1.29, 1.82) is 0 Å². The molecule has 0 saturated carbocycles. The molecule has 6 heteroatoms. The van der Waals surface area contributed by atoms with Gasteiger partial charge in [-0.15, -0.1) is 24.0 Å². The second-order valence-electron chi connectivity index (χ2n) is 5.56. The number of carbonyl (C=O) groups is 1. The fourth-order valence-electron chi connectivity index (χ4n) is 2.16. The number of halogens is 1. The topological polar surface area (TPSA) is 53.9 Å². The van der Waals surface area contributed by atoms with Crippen LogP contribution in [0.3, 0.4) is 0 Å². The lowest BCUT2D eigenvalue weighted by Crippen LogP contribution is -2.36. The molecule has 0 fully saturated rings. The molecule has 134 valence electrons. The minimum Gasteiger partial charge on any atom is -0.465 e. The molecule has 0 heterocycles. The first kappa shape index (κ1) is 21.0. The molecule has 0 atom stereocenters. The Bertz CT molecular complexity index is 686. The van der Waals surface area contributed by atoms with E-state index in [1.54, 1.807) is 12.1 Å². The van der Waals surface area contributed by atoms with Crippen LogP contribution in [-0.4, -0.2) is 38.0 Å². The summed E-state index contributed by atoms with van der Waals surface area (Å²) in [5.41, 5.74) is 2.78. The maximum absolute atomic E-state index is 11.4. The molecule has 1 N–H and O–H groups in total. The van der Waals surface area contributed by atoms with Gasteiger partial charge in [0.2, 0.25) is 0 Å². The number of rotatable bonds is 5. The van der Waals surface area contributed by atoms with Gasteiger partial charge in [0.15, 0.2) is 5.96 Å². The van der Waals surface area contributed by atoms with Crippen LogP contribution in [0.1, 0.15) is 21.5 Å². The minimum absolute atomic E-state index is 0. The van der Waals surface area contributed by atoms with Crippen LogP contribution in [-0.2, 0) is 17.8 Å². The summed E-state index contributed by atoms with van der Waals surface area (Å²) in [6.45, 7) is 1.26. The van der Waals surface area contributed by atoms with E-state index in [4.69, 9.17) is 4.74 Å². The highest BCUT2D eigenvalue weighted by Crippen LogP contribution is 2.06. The van der Waals surface area contributed by atoms with Crippen molar-refractivity contribution in [2.75, 3.05) is 21.2 Å². The van der Waals surface area contributed by atoms with Crippen molar-refractivity contribution in [3.05, 3.63) is 71.3 Å². The van der Waals surface area contributed by atoms with Crippen LogP contribution in [0.25, 0.3) is 0 Å². The van der Waals surface area contributed by atoms with Gasteiger partial charge in [-0.25, -0.2) is 9.79 Å². The van der Waals surface area contributed by atoms with Gasteiger partial charge in [0, 0.05) is 20.6 Å². The van der Waals surface area contributed by atoms with Crippen molar-refractivity contribution in [2.45, 2.75) is 13.1 Å². The van der Waals surface area contributed by atoms with Gasteiger partial charge in [-0.1, -0.05) is 42.5 Å². The first-order valence-electron chi connectivity index (χ1n) is 7.77. The van der Waals surface area contributed by atoms with E-state index in [1.807, 2.05) is 49.3 Å². The van der Waals surface area contributed by atoms with Gasteiger partial charge in [0.05, 0.1) is 19.2 Å². The van der Waals surface area contributed by atoms with Crippen molar-refractivity contribution in [1.82, 2.24) is 10.2 Å². The summed E-state index contributed by atoms with van der Waals surface area (Å²) >= 11 is 0. The zero-order valence-electron chi connectivity index (χ0n) is 14.7. The van der Waals surface area contributed by atoms with E-state index in [0.29, 0.717) is 18.7 Å². The van der Waals surface area contributed by atoms with E-state index in [9.17, 15) is 4.79 Å². The maximum atomic E-state index is 11.4. The van der Waals surface area contributed by atoms with E-state index in [2.05, 4.69) is 22.4 Å². The number of hydrogen-bond acceptors (Lipinski definition) is 3. The molecule has 25 heavy (non-hydrogen) atoms. The molecule has 2 aromatic rings. The van der Waals surface area contributed by atoms with Crippen LogP contribution < -0.4 is 5.32 Å². The summed E-state index contributed by atoms with van der Waals surface area (Å²) in [4.78, 5) is 18.0. The first-order chi connectivity index (χ1) is 11.6. The quantitative estimate of drug-likeness (QED) is 0.327. The molecule has 2 aromatic carbocycles. The largest absolute Gasteiger partial charge is 0.465 e. The van der Waals surface area contributed by atoms with Gasteiger partial charge in [-0.05, 0) is 23.3 Å². The number of nitrogens with zero attached hydrogens (tertiary/aromatic N) is 2. The zero-order valence-corrected chi connectivity index (χ0v) is 17.1. The Balaban J connectivity index is 0.00000312. The number of nitrogens with one attached hydrogen (secondary N) is 1. The molecule has 0 aliphatic heterocycles. The predicted molar refractivity (Wildman–Crippen MR) is 111 cm³/mol. The van der Waals surface area contributed by atoms with Crippen LogP contribution in [0.4, 0.5) is 0 Å². The van der Waals surface area contributed by atoms with E-state index in [-0.39, 0.29) is 29.9 Å². The van der Waals surface area contributed by atoms with Crippen molar-refractivity contribution in [3.8, 4) is 0 Å². The Hall–Kier alpha value is -2.09. The molecule has 0 amide bonds. The lowest BCUT2D eigenvalue weighted by molar-refractivity contribution is 0.0600. The monoisotopic (exact) mass is 453 g/mol.